The fraction of sp³-hybridized carbons (Fsp3) is 0.435. The van der Waals surface area contributed by atoms with Gasteiger partial charge in [-0.2, -0.15) is 4.31 Å². The molecule has 1 aliphatic heterocycles. The second kappa shape index (κ2) is 8.67. The number of carbonyl (C=O) groups is 1. The summed E-state index contributed by atoms with van der Waals surface area (Å²) in [4.78, 5) is 13.1. The highest BCUT2D eigenvalue weighted by molar-refractivity contribution is 7.89. The number of hydrogen-bond donors (Lipinski definition) is 1. The minimum atomic E-state index is -3.55. The molecule has 4 rings (SSSR count). The zero-order valence-electron chi connectivity index (χ0n) is 16.6. The van der Waals surface area contributed by atoms with Crippen LogP contribution in [0, 0.1) is 5.92 Å². The van der Waals surface area contributed by atoms with Gasteiger partial charge in [-0.3, -0.25) is 4.79 Å². The van der Waals surface area contributed by atoms with Crippen molar-refractivity contribution in [3.8, 4) is 0 Å². The van der Waals surface area contributed by atoms with Crippen LogP contribution in [0.25, 0.3) is 0 Å². The van der Waals surface area contributed by atoms with Crippen molar-refractivity contribution >= 4 is 15.9 Å². The third kappa shape index (κ3) is 4.38. The van der Waals surface area contributed by atoms with Crippen LogP contribution >= 0.6 is 0 Å². The molecule has 1 fully saturated rings. The van der Waals surface area contributed by atoms with E-state index in [0.29, 0.717) is 30.3 Å². The number of benzene rings is 2. The van der Waals surface area contributed by atoms with Gasteiger partial charge in [0, 0.05) is 25.6 Å². The second-order valence-corrected chi connectivity index (χ2v) is 9.99. The second-order valence-electron chi connectivity index (χ2n) is 8.05. The molecule has 154 valence electrons. The summed E-state index contributed by atoms with van der Waals surface area (Å²) in [7, 11) is -3.55. The Kier molecular flexibility index (Phi) is 6.01. The number of nitrogens with one attached hydrogen (secondary N) is 1. The van der Waals surface area contributed by atoms with Gasteiger partial charge in [-0.25, -0.2) is 8.42 Å². The normalized spacial score (nSPS) is 22.6. The van der Waals surface area contributed by atoms with Crippen molar-refractivity contribution in [3.05, 3.63) is 65.7 Å². The summed E-state index contributed by atoms with van der Waals surface area (Å²) in [5.41, 5.74) is 2.73. The highest BCUT2D eigenvalue weighted by Crippen LogP contribution is 2.31. The van der Waals surface area contributed by atoms with Gasteiger partial charge in [0.2, 0.25) is 15.9 Å². The lowest BCUT2D eigenvalue weighted by Crippen LogP contribution is -2.46. The zero-order valence-corrected chi connectivity index (χ0v) is 17.4. The lowest BCUT2D eigenvalue weighted by atomic mass is 9.83. The van der Waals surface area contributed by atoms with Crippen LogP contribution in [0.1, 0.15) is 42.7 Å². The molecule has 2 atom stereocenters. The molecular formula is C23H28N2O3S. The summed E-state index contributed by atoms with van der Waals surface area (Å²) in [6.45, 7) is 1.35. The Hall–Kier alpha value is -2.18. The molecule has 2 aliphatic rings. The van der Waals surface area contributed by atoms with E-state index in [1.807, 2.05) is 0 Å². The predicted octanol–water partition coefficient (Wildman–Crippen LogP) is 3.32. The van der Waals surface area contributed by atoms with Crippen LogP contribution in [-0.4, -0.2) is 38.3 Å². The first-order chi connectivity index (χ1) is 14.1. The first-order valence-corrected chi connectivity index (χ1v) is 11.9. The predicted molar refractivity (Wildman–Crippen MR) is 113 cm³/mol. The lowest BCUT2D eigenvalue weighted by molar-refractivity contribution is -0.126. The number of carbonyl (C=O) groups excluding carboxylic acids is 1. The van der Waals surface area contributed by atoms with E-state index in [1.54, 1.807) is 30.3 Å². The molecule has 0 spiro atoms. The van der Waals surface area contributed by atoms with Crippen molar-refractivity contribution in [1.29, 1.82) is 0 Å². The van der Waals surface area contributed by atoms with Gasteiger partial charge in [0.05, 0.1) is 10.8 Å². The Labute approximate surface area is 173 Å². The van der Waals surface area contributed by atoms with Crippen LogP contribution in [0.15, 0.2) is 59.5 Å². The molecule has 1 aliphatic carbocycles. The van der Waals surface area contributed by atoms with E-state index in [-0.39, 0.29) is 18.4 Å². The Morgan fingerprint density at radius 3 is 2.59 bits per heavy atom. The highest BCUT2D eigenvalue weighted by atomic mass is 32.2. The SMILES string of the molecule is O=C(NCC1CCCc2ccccc21)C1CCCN(S(=O)(=O)c2ccccc2)C1. The van der Waals surface area contributed by atoms with Crippen LogP contribution in [0.2, 0.25) is 0 Å². The van der Waals surface area contributed by atoms with E-state index in [1.165, 1.54) is 15.4 Å². The number of piperidine rings is 1. The van der Waals surface area contributed by atoms with Gasteiger partial charge in [-0.15, -0.1) is 0 Å². The summed E-state index contributed by atoms with van der Waals surface area (Å²) in [5, 5.41) is 3.11. The minimum absolute atomic E-state index is 0.0268. The number of sulfonamides is 1. The molecule has 5 nitrogen and oxygen atoms in total. The van der Waals surface area contributed by atoms with E-state index in [2.05, 4.69) is 29.6 Å². The fourth-order valence-electron chi connectivity index (χ4n) is 4.55. The van der Waals surface area contributed by atoms with Crippen molar-refractivity contribution in [2.24, 2.45) is 5.92 Å². The highest BCUT2D eigenvalue weighted by Gasteiger charge is 2.33. The standard InChI is InChI=1S/C23H28N2O3S/c26-23(24-16-19-10-6-9-18-8-4-5-14-22(18)19)20-11-7-15-25(17-20)29(27,28)21-12-2-1-3-13-21/h1-5,8,12-14,19-20H,6-7,9-11,15-17H2,(H,24,26). The average molecular weight is 413 g/mol. The van der Waals surface area contributed by atoms with Gasteiger partial charge in [-0.1, -0.05) is 42.5 Å². The van der Waals surface area contributed by atoms with Gasteiger partial charge in [0.25, 0.3) is 0 Å². The van der Waals surface area contributed by atoms with Crippen molar-refractivity contribution in [1.82, 2.24) is 9.62 Å². The van der Waals surface area contributed by atoms with E-state index >= 15 is 0 Å². The molecule has 1 saturated heterocycles. The Morgan fingerprint density at radius 1 is 1.00 bits per heavy atom. The molecule has 1 heterocycles. The molecule has 29 heavy (non-hydrogen) atoms. The van der Waals surface area contributed by atoms with Gasteiger partial charge >= 0.3 is 0 Å². The minimum Gasteiger partial charge on any atom is -0.355 e. The van der Waals surface area contributed by atoms with Gasteiger partial charge in [0.1, 0.15) is 0 Å². The first kappa shape index (κ1) is 20.1. The molecule has 2 unspecified atom stereocenters. The van der Waals surface area contributed by atoms with Crippen molar-refractivity contribution in [2.45, 2.75) is 42.9 Å². The fourth-order valence-corrected chi connectivity index (χ4v) is 6.10. The van der Waals surface area contributed by atoms with Gasteiger partial charge < -0.3 is 5.32 Å². The maximum absolute atomic E-state index is 12.9. The number of rotatable bonds is 5. The zero-order chi connectivity index (χ0) is 20.3. The molecule has 0 bridgehead atoms. The van der Waals surface area contributed by atoms with Crippen LogP contribution in [0.3, 0.4) is 0 Å². The maximum atomic E-state index is 12.9. The molecular weight excluding hydrogens is 384 g/mol. The number of fused-ring (bicyclic) bond motifs is 1. The quantitative estimate of drug-likeness (QED) is 0.819. The topological polar surface area (TPSA) is 66.5 Å². The summed E-state index contributed by atoms with van der Waals surface area (Å²) < 4.78 is 27.2. The van der Waals surface area contributed by atoms with E-state index in [0.717, 1.165) is 25.7 Å². The summed E-state index contributed by atoms with van der Waals surface area (Å²) in [5.74, 6) is 0.0266. The molecule has 0 radical (unpaired) electrons. The van der Waals surface area contributed by atoms with Gasteiger partial charge in [-0.05, 0) is 55.4 Å². The Morgan fingerprint density at radius 2 is 1.76 bits per heavy atom. The van der Waals surface area contributed by atoms with E-state index in [4.69, 9.17) is 0 Å². The lowest BCUT2D eigenvalue weighted by Gasteiger charge is -2.32. The van der Waals surface area contributed by atoms with Crippen LogP contribution in [-0.2, 0) is 21.2 Å². The van der Waals surface area contributed by atoms with Crippen molar-refractivity contribution < 1.29 is 13.2 Å². The summed E-state index contributed by atoms with van der Waals surface area (Å²) in [6, 6.07) is 17.0. The first-order valence-electron chi connectivity index (χ1n) is 10.5. The number of hydrogen-bond acceptors (Lipinski definition) is 3. The molecule has 1 amide bonds. The van der Waals surface area contributed by atoms with Crippen molar-refractivity contribution in [2.75, 3.05) is 19.6 Å². The molecule has 2 aromatic rings. The molecule has 1 N–H and O–H groups in total. The number of amides is 1. The number of nitrogens with zero attached hydrogens (tertiary/aromatic N) is 1. The maximum Gasteiger partial charge on any atom is 0.243 e. The summed E-state index contributed by atoms with van der Waals surface area (Å²) >= 11 is 0. The molecule has 0 saturated carbocycles. The van der Waals surface area contributed by atoms with Crippen LogP contribution in [0.5, 0.6) is 0 Å². The molecule has 2 aromatic carbocycles. The molecule has 6 heteroatoms. The number of aryl methyl sites for hydroxylation is 1. The third-order valence-electron chi connectivity index (χ3n) is 6.15. The van der Waals surface area contributed by atoms with Crippen LogP contribution in [0.4, 0.5) is 0 Å². The Bertz CT molecular complexity index is 959. The Balaban J connectivity index is 1.39. The monoisotopic (exact) mass is 412 g/mol. The van der Waals surface area contributed by atoms with Crippen molar-refractivity contribution in [3.63, 3.8) is 0 Å². The van der Waals surface area contributed by atoms with E-state index in [9.17, 15) is 13.2 Å². The van der Waals surface area contributed by atoms with Gasteiger partial charge in [0.15, 0.2) is 0 Å². The molecule has 0 aromatic heterocycles. The van der Waals surface area contributed by atoms with Crippen LogP contribution < -0.4 is 5.32 Å². The summed E-state index contributed by atoms with van der Waals surface area (Å²) in [6.07, 6.45) is 4.76. The largest absolute Gasteiger partial charge is 0.355 e. The third-order valence-corrected chi connectivity index (χ3v) is 8.03. The van der Waals surface area contributed by atoms with E-state index < -0.39 is 10.0 Å². The average Bonchev–Trinajstić information content (AvgIpc) is 2.78. The smallest absolute Gasteiger partial charge is 0.243 e.